The van der Waals surface area contributed by atoms with Crippen molar-refractivity contribution in [3.05, 3.63) is 16.0 Å². The molecule has 2 rings (SSSR count). The van der Waals surface area contributed by atoms with Gasteiger partial charge in [0.25, 0.3) is 0 Å². The lowest BCUT2D eigenvalue weighted by Gasteiger charge is -2.11. The Morgan fingerprint density at radius 3 is 3.00 bits per heavy atom. The number of aromatic amines is 1. The largest absolute Gasteiger partial charge is 0.370 e. The number of rotatable bonds is 2. The number of fused-ring (bicyclic) bond motifs is 1. The molecule has 0 saturated heterocycles. The highest BCUT2D eigenvalue weighted by Gasteiger charge is 2.13. The van der Waals surface area contributed by atoms with E-state index in [9.17, 15) is 0 Å². The van der Waals surface area contributed by atoms with Gasteiger partial charge < -0.3 is 15.6 Å². The van der Waals surface area contributed by atoms with Crippen LogP contribution in [0.5, 0.6) is 0 Å². The molecule has 2 heterocycles. The molecule has 0 atom stereocenters. The maximum atomic E-state index is 5.12. The number of hydrogen-bond acceptors (Lipinski definition) is 4. The molecule has 1 aromatic rings. The number of hydrogen-bond donors (Lipinski definition) is 3. The predicted molar refractivity (Wildman–Crippen MR) is 63.9 cm³/mol. The van der Waals surface area contributed by atoms with Gasteiger partial charge in [0.05, 0.1) is 0 Å². The zero-order valence-corrected chi connectivity index (χ0v) is 9.71. The number of nitrogens with zero attached hydrogens (tertiary/aromatic N) is 1. The van der Waals surface area contributed by atoms with Crippen LogP contribution in [0.3, 0.4) is 0 Å². The lowest BCUT2D eigenvalue weighted by molar-refractivity contribution is 0.708. The third kappa shape index (κ3) is 2.35. The Kier molecular flexibility index (Phi) is 3.33. The van der Waals surface area contributed by atoms with E-state index in [1.165, 1.54) is 11.3 Å². The Labute approximate surface area is 94.5 Å². The van der Waals surface area contributed by atoms with Crippen molar-refractivity contribution in [3.8, 4) is 0 Å². The summed E-state index contributed by atoms with van der Waals surface area (Å²) in [5, 5.41) is 6.65. The average molecular weight is 224 g/mol. The lowest BCUT2D eigenvalue weighted by Crippen LogP contribution is -2.16. The maximum Gasteiger partial charge on any atom is 0.198 e. The first-order valence-corrected chi connectivity index (χ1v) is 5.78. The molecule has 0 fully saturated rings. The van der Waals surface area contributed by atoms with E-state index in [1.54, 1.807) is 0 Å². The number of anilines is 1. The monoisotopic (exact) mass is 224 g/mol. The molecule has 3 N–H and O–H groups in total. The molecule has 82 valence electrons. The van der Waals surface area contributed by atoms with Crippen LogP contribution in [-0.2, 0) is 12.8 Å². The average Bonchev–Trinajstić information content (AvgIpc) is 2.43. The molecule has 1 aliphatic rings. The van der Waals surface area contributed by atoms with Gasteiger partial charge in [-0.3, -0.25) is 0 Å². The van der Waals surface area contributed by atoms with Crippen molar-refractivity contribution in [1.82, 2.24) is 15.3 Å². The van der Waals surface area contributed by atoms with E-state index >= 15 is 0 Å². The van der Waals surface area contributed by atoms with Gasteiger partial charge in [0.1, 0.15) is 5.82 Å². The second-order valence-electron chi connectivity index (χ2n) is 3.63. The van der Waals surface area contributed by atoms with Crippen molar-refractivity contribution in [2.24, 2.45) is 0 Å². The molecular weight excluding hydrogens is 208 g/mol. The van der Waals surface area contributed by atoms with Crippen LogP contribution in [0, 0.1) is 4.77 Å². The maximum absolute atomic E-state index is 5.12. The Bertz CT molecular complexity index is 399. The fraction of sp³-hybridized carbons (Fsp3) is 0.600. The second kappa shape index (κ2) is 4.72. The van der Waals surface area contributed by atoms with Crippen LogP contribution < -0.4 is 10.6 Å². The van der Waals surface area contributed by atoms with Gasteiger partial charge in [-0.15, -0.1) is 0 Å². The van der Waals surface area contributed by atoms with Gasteiger partial charge in [-0.05, 0) is 32.1 Å². The molecule has 1 aromatic heterocycles. The fourth-order valence-electron chi connectivity index (χ4n) is 1.89. The zero-order chi connectivity index (χ0) is 10.7. The molecule has 0 aromatic carbocycles. The van der Waals surface area contributed by atoms with Gasteiger partial charge in [0.2, 0.25) is 0 Å². The van der Waals surface area contributed by atoms with E-state index in [0.717, 1.165) is 38.3 Å². The van der Waals surface area contributed by atoms with Crippen LogP contribution in [-0.4, -0.2) is 29.6 Å². The van der Waals surface area contributed by atoms with Crippen LogP contribution >= 0.6 is 12.2 Å². The van der Waals surface area contributed by atoms with Crippen LogP contribution in [0.1, 0.15) is 18.2 Å². The van der Waals surface area contributed by atoms with Crippen molar-refractivity contribution in [1.29, 1.82) is 0 Å². The molecule has 0 saturated carbocycles. The standard InChI is InChI=1S/C10H16N4S/c1-2-12-9-7-3-5-11-6-4-8(7)13-10(15)14-9/h11H,2-6H2,1H3,(H2,12,13,14,15). The van der Waals surface area contributed by atoms with Crippen molar-refractivity contribution >= 4 is 18.0 Å². The normalized spacial score (nSPS) is 15.5. The van der Waals surface area contributed by atoms with Gasteiger partial charge in [0, 0.05) is 30.8 Å². The van der Waals surface area contributed by atoms with Crippen LogP contribution in [0.15, 0.2) is 0 Å². The second-order valence-corrected chi connectivity index (χ2v) is 4.01. The van der Waals surface area contributed by atoms with E-state index in [4.69, 9.17) is 12.2 Å². The van der Waals surface area contributed by atoms with E-state index in [-0.39, 0.29) is 0 Å². The Morgan fingerprint density at radius 1 is 1.40 bits per heavy atom. The fourth-order valence-corrected chi connectivity index (χ4v) is 2.11. The summed E-state index contributed by atoms with van der Waals surface area (Å²) in [5.74, 6) is 0.958. The predicted octanol–water partition coefficient (Wildman–Crippen LogP) is 1.26. The first-order valence-electron chi connectivity index (χ1n) is 5.38. The first-order chi connectivity index (χ1) is 7.31. The molecule has 0 amide bonds. The summed E-state index contributed by atoms with van der Waals surface area (Å²) in [5.41, 5.74) is 2.52. The Morgan fingerprint density at radius 2 is 2.20 bits per heavy atom. The summed E-state index contributed by atoms with van der Waals surface area (Å²) in [4.78, 5) is 7.53. The molecule has 15 heavy (non-hydrogen) atoms. The smallest absolute Gasteiger partial charge is 0.198 e. The van der Waals surface area contributed by atoms with Gasteiger partial charge in [-0.2, -0.15) is 0 Å². The van der Waals surface area contributed by atoms with Crippen LogP contribution in [0.25, 0.3) is 0 Å². The lowest BCUT2D eigenvalue weighted by atomic mass is 10.1. The minimum Gasteiger partial charge on any atom is -0.370 e. The van der Waals surface area contributed by atoms with Crippen LogP contribution in [0.4, 0.5) is 5.82 Å². The molecule has 0 unspecified atom stereocenters. The third-order valence-corrected chi connectivity index (χ3v) is 2.76. The van der Waals surface area contributed by atoms with Gasteiger partial charge in [0.15, 0.2) is 4.77 Å². The summed E-state index contributed by atoms with van der Waals surface area (Å²) < 4.78 is 0.576. The minimum atomic E-state index is 0.576. The molecule has 1 aliphatic heterocycles. The molecular formula is C10H16N4S. The molecule has 0 aliphatic carbocycles. The van der Waals surface area contributed by atoms with Crippen molar-refractivity contribution in [3.63, 3.8) is 0 Å². The van der Waals surface area contributed by atoms with E-state index < -0.39 is 0 Å². The van der Waals surface area contributed by atoms with Gasteiger partial charge in [-0.25, -0.2) is 4.98 Å². The summed E-state index contributed by atoms with van der Waals surface area (Å²) in [6, 6.07) is 0. The number of nitrogens with one attached hydrogen (secondary N) is 3. The molecule has 4 nitrogen and oxygen atoms in total. The van der Waals surface area contributed by atoms with Crippen molar-refractivity contribution in [2.75, 3.05) is 25.0 Å². The van der Waals surface area contributed by atoms with Crippen molar-refractivity contribution in [2.45, 2.75) is 19.8 Å². The molecule has 0 radical (unpaired) electrons. The zero-order valence-electron chi connectivity index (χ0n) is 8.89. The van der Waals surface area contributed by atoms with E-state index in [0.29, 0.717) is 4.77 Å². The van der Waals surface area contributed by atoms with Gasteiger partial charge >= 0.3 is 0 Å². The highest BCUT2D eigenvalue weighted by Crippen LogP contribution is 2.18. The van der Waals surface area contributed by atoms with Crippen molar-refractivity contribution < 1.29 is 0 Å². The van der Waals surface area contributed by atoms with Gasteiger partial charge in [-0.1, -0.05) is 0 Å². The molecule has 0 spiro atoms. The quantitative estimate of drug-likeness (QED) is 0.662. The Hall–Kier alpha value is -0.940. The summed E-state index contributed by atoms with van der Waals surface area (Å²) >= 11 is 5.12. The molecule has 0 bridgehead atoms. The van der Waals surface area contributed by atoms with Crippen LogP contribution in [0.2, 0.25) is 0 Å². The van der Waals surface area contributed by atoms with E-state index in [1.807, 2.05) is 0 Å². The Balaban J connectivity index is 2.45. The number of H-pyrrole nitrogens is 1. The molecule has 5 heteroatoms. The highest BCUT2D eigenvalue weighted by molar-refractivity contribution is 7.71. The first kappa shape index (κ1) is 10.6. The third-order valence-electron chi connectivity index (χ3n) is 2.57. The topological polar surface area (TPSA) is 52.7 Å². The highest BCUT2D eigenvalue weighted by atomic mass is 32.1. The SMILES string of the molecule is CCNc1nc(=S)[nH]c2c1CCNCC2. The van der Waals surface area contributed by atoms with E-state index in [2.05, 4.69) is 27.5 Å². The summed E-state index contributed by atoms with van der Waals surface area (Å²) in [7, 11) is 0. The summed E-state index contributed by atoms with van der Waals surface area (Å²) in [6.07, 6.45) is 2.01. The summed E-state index contributed by atoms with van der Waals surface area (Å²) in [6.45, 7) is 4.97. The minimum absolute atomic E-state index is 0.576. The number of aromatic nitrogens is 2.